The number of carbonyl (C=O) groups is 1. The second-order valence-electron chi connectivity index (χ2n) is 6.98. The summed E-state index contributed by atoms with van der Waals surface area (Å²) in [6.45, 7) is 9.58. The normalized spacial score (nSPS) is 17.7. The number of nitrogens with zero attached hydrogens (tertiary/aromatic N) is 1. The van der Waals surface area contributed by atoms with Gasteiger partial charge in [0.05, 0.1) is 13.2 Å². The molecule has 4 heteroatoms. The zero-order valence-electron chi connectivity index (χ0n) is 17.5. The summed E-state index contributed by atoms with van der Waals surface area (Å²) in [5, 5.41) is 0. The highest BCUT2D eigenvalue weighted by Gasteiger charge is 2.25. The molecule has 0 spiro atoms. The van der Waals surface area contributed by atoms with Crippen molar-refractivity contribution in [2.24, 2.45) is 0 Å². The van der Waals surface area contributed by atoms with Crippen LogP contribution in [0, 0.1) is 0 Å². The van der Waals surface area contributed by atoms with Gasteiger partial charge in [0, 0.05) is 24.2 Å². The summed E-state index contributed by atoms with van der Waals surface area (Å²) in [5.74, 6) is 1.81. The van der Waals surface area contributed by atoms with Crippen LogP contribution in [0.25, 0.3) is 12.2 Å². The average Bonchev–Trinajstić information content (AvgIpc) is 2.74. The zero-order valence-corrected chi connectivity index (χ0v) is 17.5. The van der Waals surface area contributed by atoms with Gasteiger partial charge in [-0.2, -0.15) is 0 Å². The fourth-order valence-electron chi connectivity index (χ4n) is 3.39. The smallest absolute Gasteiger partial charge is 0.187 e. The maximum absolute atomic E-state index is 13.1. The molecule has 2 aromatic carbocycles. The molecule has 0 aromatic heterocycles. The Balaban J connectivity index is 1.84. The van der Waals surface area contributed by atoms with Crippen LogP contribution in [0.15, 0.2) is 59.7 Å². The highest BCUT2D eigenvalue weighted by molar-refractivity contribution is 6.14. The van der Waals surface area contributed by atoms with Crippen LogP contribution in [0.4, 0.5) is 0 Å². The van der Waals surface area contributed by atoms with Crippen LogP contribution in [0.3, 0.4) is 0 Å². The molecule has 1 aliphatic rings. The molecule has 2 aromatic rings. The lowest BCUT2D eigenvalue weighted by atomic mass is 9.94. The first kappa shape index (κ1) is 20.9. The first-order valence-electron chi connectivity index (χ1n) is 10.3. The summed E-state index contributed by atoms with van der Waals surface area (Å²) in [4.78, 5) is 15.4. The van der Waals surface area contributed by atoms with E-state index in [1.165, 1.54) is 0 Å². The van der Waals surface area contributed by atoms with E-state index in [0.717, 1.165) is 40.3 Å². The van der Waals surface area contributed by atoms with E-state index in [2.05, 4.69) is 11.8 Å². The van der Waals surface area contributed by atoms with Gasteiger partial charge in [0.25, 0.3) is 0 Å². The number of likely N-dealkylation sites (N-methyl/N-ethyl adjacent to an activating group) is 1. The third-order valence-electron chi connectivity index (χ3n) is 4.88. The summed E-state index contributed by atoms with van der Waals surface area (Å²) >= 11 is 0. The molecule has 152 valence electrons. The minimum Gasteiger partial charge on any atom is -0.494 e. The molecular weight excluding hydrogens is 362 g/mol. The van der Waals surface area contributed by atoms with E-state index in [0.29, 0.717) is 26.3 Å². The van der Waals surface area contributed by atoms with Crippen molar-refractivity contribution in [1.29, 1.82) is 0 Å². The Labute approximate surface area is 173 Å². The minimum absolute atomic E-state index is 0.123. The highest BCUT2D eigenvalue weighted by Crippen LogP contribution is 2.23. The van der Waals surface area contributed by atoms with Crippen LogP contribution in [0.2, 0.25) is 0 Å². The number of piperidine rings is 1. The third-order valence-corrected chi connectivity index (χ3v) is 4.88. The predicted molar refractivity (Wildman–Crippen MR) is 118 cm³/mol. The number of rotatable bonds is 7. The van der Waals surface area contributed by atoms with Gasteiger partial charge >= 0.3 is 0 Å². The van der Waals surface area contributed by atoms with E-state index in [9.17, 15) is 4.79 Å². The van der Waals surface area contributed by atoms with Crippen LogP contribution in [0.5, 0.6) is 11.5 Å². The molecule has 0 bridgehead atoms. The Morgan fingerprint density at radius 1 is 0.759 bits per heavy atom. The maximum atomic E-state index is 13.1. The van der Waals surface area contributed by atoms with E-state index in [-0.39, 0.29) is 5.78 Å². The Morgan fingerprint density at radius 2 is 1.17 bits per heavy atom. The van der Waals surface area contributed by atoms with Gasteiger partial charge in [-0.3, -0.25) is 9.69 Å². The molecule has 0 unspecified atom stereocenters. The van der Waals surface area contributed by atoms with Gasteiger partial charge in [-0.25, -0.2) is 0 Å². The minimum atomic E-state index is 0.123. The Bertz CT molecular complexity index is 808. The Hall–Kier alpha value is -2.85. The molecule has 0 radical (unpaired) electrons. The summed E-state index contributed by atoms with van der Waals surface area (Å²) in [6.07, 6.45) is 3.98. The van der Waals surface area contributed by atoms with Crippen LogP contribution >= 0.6 is 0 Å². The molecule has 29 heavy (non-hydrogen) atoms. The SMILES string of the molecule is CCOc1ccc(/C=C2/CN(CC)C/C(=C\c3ccc(OCC)cc3)C2=O)cc1. The van der Waals surface area contributed by atoms with E-state index in [1.54, 1.807) is 0 Å². The number of hydrogen-bond donors (Lipinski definition) is 0. The summed E-state index contributed by atoms with van der Waals surface area (Å²) < 4.78 is 11.0. The average molecular weight is 392 g/mol. The van der Waals surface area contributed by atoms with Crippen molar-refractivity contribution >= 4 is 17.9 Å². The quantitative estimate of drug-likeness (QED) is 0.632. The number of Topliss-reactive ketones (excluding diaryl/α,β-unsaturated/α-hetero) is 1. The van der Waals surface area contributed by atoms with Gasteiger partial charge in [-0.15, -0.1) is 0 Å². The van der Waals surface area contributed by atoms with E-state index in [4.69, 9.17) is 9.47 Å². The molecule has 0 N–H and O–H groups in total. The van der Waals surface area contributed by atoms with Crippen molar-refractivity contribution in [2.45, 2.75) is 20.8 Å². The van der Waals surface area contributed by atoms with Gasteiger partial charge in [0.2, 0.25) is 0 Å². The Morgan fingerprint density at radius 3 is 1.52 bits per heavy atom. The summed E-state index contributed by atoms with van der Waals surface area (Å²) in [7, 11) is 0. The van der Waals surface area contributed by atoms with Gasteiger partial charge in [0.1, 0.15) is 11.5 Å². The third kappa shape index (κ3) is 5.58. The second-order valence-corrected chi connectivity index (χ2v) is 6.98. The van der Waals surface area contributed by atoms with Crippen LogP contribution in [0.1, 0.15) is 31.9 Å². The number of carbonyl (C=O) groups excluding carboxylic acids is 1. The number of ketones is 1. The fraction of sp³-hybridized carbons (Fsp3) is 0.320. The maximum Gasteiger partial charge on any atom is 0.187 e. The van der Waals surface area contributed by atoms with Crippen molar-refractivity contribution in [3.63, 3.8) is 0 Å². The lowest BCUT2D eigenvalue weighted by molar-refractivity contribution is -0.113. The molecule has 0 aliphatic carbocycles. The largest absolute Gasteiger partial charge is 0.494 e. The van der Waals surface area contributed by atoms with Gasteiger partial charge in [-0.1, -0.05) is 31.2 Å². The predicted octanol–water partition coefficient (Wildman–Crippen LogP) is 4.86. The molecule has 1 saturated heterocycles. The molecule has 1 fully saturated rings. The van der Waals surface area contributed by atoms with Crippen LogP contribution in [-0.2, 0) is 4.79 Å². The second kappa shape index (κ2) is 10.1. The number of hydrogen-bond acceptors (Lipinski definition) is 4. The first-order valence-corrected chi connectivity index (χ1v) is 10.3. The van der Waals surface area contributed by atoms with Gasteiger partial charge in [-0.05, 0) is 67.9 Å². The van der Waals surface area contributed by atoms with Crippen molar-refractivity contribution in [1.82, 2.24) is 4.90 Å². The zero-order chi connectivity index (χ0) is 20.6. The highest BCUT2D eigenvalue weighted by atomic mass is 16.5. The fourth-order valence-corrected chi connectivity index (χ4v) is 3.39. The topological polar surface area (TPSA) is 38.8 Å². The lowest BCUT2D eigenvalue weighted by Gasteiger charge is -2.28. The molecule has 1 heterocycles. The lowest BCUT2D eigenvalue weighted by Crippen LogP contribution is -2.37. The number of likely N-dealkylation sites (tertiary alicyclic amines) is 1. The first-order chi connectivity index (χ1) is 14.1. The standard InChI is InChI=1S/C25H29NO3/c1-4-26-17-21(15-19-7-11-23(12-8-19)28-5-2)25(27)22(18-26)16-20-9-13-24(14-10-20)29-6-3/h7-16H,4-6,17-18H2,1-3H3/b21-15-,22-16+. The molecule has 0 amide bonds. The molecule has 4 nitrogen and oxygen atoms in total. The van der Waals surface area contributed by atoms with E-state index in [1.807, 2.05) is 74.5 Å². The molecule has 1 aliphatic heterocycles. The molecule has 0 atom stereocenters. The van der Waals surface area contributed by atoms with E-state index >= 15 is 0 Å². The van der Waals surface area contributed by atoms with E-state index < -0.39 is 0 Å². The molecular formula is C25H29NO3. The number of benzene rings is 2. The van der Waals surface area contributed by atoms with Crippen LogP contribution in [-0.4, -0.2) is 43.5 Å². The van der Waals surface area contributed by atoms with Crippen molar-refractivity contribution in [2.75, 3.05) is 32.8 Å². The molecule has 0 saturated carbocycles. The van der Waals surface area contributed by atoms with Crippen molar-refractivity contribution < 1.29 is 14.3 Å². The molecule has 3 rings (SSSR count). The van der Waals surface area contributed by atoms with Gasteiger partial charge < -0.3 is 9.47 Å². The Kier molecular flexibility index (Phi) is 7.25. The number of ether oxygens (including phenoxy) is 2. The monoisotopic (exact) mass is 391 g/mol. The summed E-state index contributed by atoms with van der Waals surface area (Å²) in [6, 6.07) is 15.7. The van der Waals surface area contributed by atoms with Crippen molar-refractivity contribution in [3.05, 3.63) is 70.8 Å². The van der Waals surface area contributed by atoms with Crippen LogP contribution < -0.4 is 9.47 Å². The summed E-state index contributed by atoms with van der Waals surface area (Å²) in [5.41, 5.74) is 3.66. The van der Waals surface area contributed by atoms with Gasteiger partial charge in [0.15, 0.2) is 5.78 Å². The van der Waals surface area contributed by atoms with Crippen molar-refractivity contribution in [3.8, 4) is 11.5 Å².